The molecule has 9 nitrogen and oxygen atoms in total. The third-order valence-electron chi connectivity index (χ3n) is 8.25. The highest BCUT2D eigenvalue weighted by atomic mass is 79.9. The van der Waals surface area contributed by atoms with Gasteiger partial charge in [-0.2, -0.15) is 5.26 Å². The number of fused-ring (bicyclic) bond motifs is 1. The number of para-hydroxylation sites is 2. The number of carbonyl (C=O) groups is 2. The average molecular weight is 750 g/mol. The van der Waals surface area contributed by atoms with Gasteiger partial charge in [0.05, 0.1) is 27.9 Å². The number of rotatable bonds is 9. The zero-order chi connectivity index (χ0) is 33.3. The number of halogens is 1. The van der Waals surface area contributed by atoms with E-state index in [2.05, 4.69) is 26.9 Å². The Morgan fingerprint density at radius 1 is 1.00 bits per heavy atom. The van der Waals surface area contributed by atoms with Gasteiger partial charge in [-0.1, -0.05) is 24.3 Å². The van der Waals surface area contributed by atoms with Gasteiger partial charge < -0.3 is 14.9 Å². The number of thiophene rings is 2. The van der Waals surface area contributed by atoms with Gasteiger partial charge in [0, 0.05) is 41.9 Å². The SMILES string of the molecule is Cc1c(C(=O)O)sc2ccc(S(=O)(=O)N(CCc3ccc(C#N)cc3)c3ccccc3N3CCN(C(=O)c4sccc4Br)CC3)cc12. The first-order chi connectivity index (χ1) is 22.6. The van der Waals surface area contributed by atoms with Crippen LogP contribution in [-0.4, -0.2) is 63.0 Å². The number of carboxylic acid groups (broad SMARTS) is 1. The van der Waals surface area contributed by atoms with Crippen LogP contribution in [0.3, 0.4) is 0 Å². The Morgan fingerprint density at radius 3 is 2.38 bits per heavy atom. The lowest BCUT2D eigenvalue weighted by molar-refractivity contribution is 0.0700. The second kappa shape index (κ2) is 13.5. The van der Waals surface area contributed by atoms with Gasteiger partial charge in [-0.15, -0.1) is 22.7 Å². The summed E-state index contributed by atoms with van der Waals surface area (Å²) in [4.78, 5) is 29.8. The topological polar surface area (TPSA) is 122 Å². The predicted molar refractivity (Wildman–Crippen MR) is 189 cm³/mol. The molecule has 47 heavy (non-hydrogen) atoms. The van der Waals surface area contributed by atoms with Crippen molar-refractivity contribution in [3.05, 3.63) is 109 Å². The molecule has 3 aromatic carbocycles. The molecule has 1 saturated heterocycles. The zero-order valence-corrected chi connectivity index (χ0v) is 29.3. The van der Waals surface area contributed by atoms with E-state index < -0.39 is 16.0 Å². The molecule has 0 bridgehead atoms. The number of sulfonamides is 1. The Balaban J connectivity index is 1.35. The van der Waals surface area contributed by atoms with Crippen molar-refractivity contribution >= 4 is 82.0 Å². The summed E-state index contributed by atoms with van der Waals surface area (Å²) in [6, 6.07) is 23.2. The van der Waals surface area contributed by atoms with Crippen molar-refractivity contribution in [1.29, 1.82) is 5.26 Å². The highest BCUT2D eigenvalue weighted by molar-refractivity contribution is 9.10. The second-order valence-corrected chi connectivity index (χ2v) is 15.7. The minimum atomic E-state index is -4.13. The number of aromatic carboxylic acids is 1. The van der Waals surface area contributed by atoms with Crippen molar-refractivity contribution in [2.24, 2.45) is 0 Å². The van der Waals surface area contributed by atoms with Crippen molar-refractivity contribution < 1.29 is 23.1 Å². The molecule has 1 N–H and O–H groups in total. The Labute approximate surface area is 289 Å². The average Bonchev–Trinajstić information content (AvgIpc) is 3.67. The van der Waals surface area contributed by atoms with E-state index in [1.54, 1.807) is 37.3 Å². The van der Waals surface area contributed by atoms with Crippen LogP contribution in [0.1, 0.15) is 36.0 Å². The van der Waals surface area contributed by atoms with Crippen molar-refractivity contribution in [2.45, 2.75) is 18.2 Å². The molecule has 0 spiro atoms. The number of carboxylic acids is 1. The number of nitriles is 1. The third-order valence-corrected chi connectivity index (χ3v) is 13.1. The maximum Gasteiger partial charge on any atom is 0.346 e. The van der Waals surface area contributed by atoms with Gasteiger partial charge in [-0.05, 0) is 99.7 Å². The van der Waals surface area contributed by atoms with Crippen LogP contribution in [0.2, 0.25) is 0 Å². The molecule has 0 radical (unpaired) electrons. The van der Waals surface area contributed by atoms with Crippen LogP contribution in [0.4, 0.5) is 11.4 Å². The number of piperazine rings is 1. The number of anilines is 2. The van der Waals surface area contributed by atoms with Crippen LogP contribution in [0.25, 0.3) is 10.1 Å². The Hall–Kier alpha value is -4.22. The summed E-state index contributed by atoms with van der Waals surface area (Å²) in [5, 5.41) is 21.3. The molecule has 240 valence electrons. The van der Waals surface area contributed by atoms with Crippen LogP contribution in [0, 0.1) is 18.3 Å². The highest BCUT2D eigenvalue weighted by Crippen LogP contribution is 2.37. The number of aryl methyl sites for hydroxylation is 1. The third kappa shape index (κ3) is 6.51. The molecule has 3 heterocycles. The van der Waals surface area contributed by atoms with E-state index in [1.807, 2.05) is 46.7 Å². The monoisotopic (exact) mass is 748 g/mol. The summed E-state index contributed by atoms with van der Waals surface area (Å²) < 4.78 is 32.1. The quantitative estimate of drug-likeness (QED) is 0.172. The predicted octanol–water partition coefficient (Wildman–Crippen LogP) is 7.00. The summed E-state index contributed by atoms with van der Waals surface area (Å²) in [6.45, 7) is 3.82. The Morgan fingerprint density at radius 2 is 1.72 bits per heavy atom. The summed E-state index contributed by atoms with van der Waals surface area (Å²) in [5.74, 6) is -1.08. The maximum absolute atomic E-state index is 14.6. The van der Waals surface area contributed by atoms with Crippen molar-refractivity contribution in [3.8, 4) is 6.07 Å². The van der Waals surface area contributed by atoms with Gasteiger partial charge in [0.2, 0.25) is 0 Å². The van der Waals surface area contributed by atoms with Gasteiger partial charge in [0.15, 0.2) is 0 Å². The molecule has 5 aromatic rings. The molecule has 1 amide bonds. The lowest BCUT2D eigenvalue weighted by Gasteiger charge is -2.38. The fraction of sp³-hybridized carbons (Fsp3) is 0.206. The molecule has 1 fully saturated rings. The normalized spacial score (nSPS) is 13.5. The van der Waals surface area contributed by atoms with Crippen LogP contribution in [0.15, 0.2) is 87.5 Å². The summed E-state index contributed by atoms with van der Waals surface area (Å²) in [7, 11) is -4.13. The van der Waals surface area contributed by atoms with E-state index >= 15 is 0 Å². The van der Waals surface area contributed by atoms with Crippen molar-refractivity contribution in [2.75, 3.05) is 41.9 Å². The van der Waals surface area contributed by atoms with Crippen LogP contribution in [0.5, 0.6) is 0 Å². The number of benzene rings is 3. The number of nitrogens with zero attached hydrogens (tertiary/aromatic N) is 4. The highest BCUT2D eigenvalue weighted by Gasteiger charge is 2.31. The van der Waals surface area contributed by atoms with Gasteiger partial charge in [0.1, 0.15) is 9.75 Å². The molecular formula is C34H29BrN4O5S3. The molecule has 0 atom stereocenters. The molecule has 2 aromatic heterocycles. The van der Waals surface area contributed by atoms with Gasteiger partial charge in [-0.3, -0.25) is 9.10 Å². The van der Waals surface area contributed by atoms with Crippen molar-refractivity contribution in [1.82, 2.24) is 4.90 Å². The van der Waals surface area contributed by atoms with Gasteiger partial charge >= 0.3 is 5.97 Å². The van der Waals surface area contributed by atoms with E-state index in [0.717, 1.165) is 27.1 Å². The van der Waals surface area contributed by atoms with E-state index in [4.69, 9.17) is 0 Å². The molecule has 1 aliphatic heterocycles. The molecule has 0 unspecified atom stereocenters. The van der Waals surface area contributed by atoms with E-state index in [-0.39, 0.29) is 22.2 Å². The Bertz CT molecular complexity index is 2130. The van der Waals surface area contributed by atoms with Crippen LogP contribution >= 0.6 is 38.6 Å². The summed E-state index contributed by atoms with van der Waals surface area (Å²) in [6.07, 6.45) is 0.389. The lowest BCUT2D eigenvalue weighted by atomic mass is 10.1. The first-order valence-electron chi connectivity index (χ1n) is 14.7. The van der Waals surface area contributed by atoms with Gasteiger partial charge in [0.25, 0.3) is 15.9 Å². The number of hydrogen-bond acceptors (Lipinski definition) is 8. The first kappa shape index (κ1) is 32.7. The lowest BCUT2D eigenvalue weighted by Crippen LogP contribution is -2.49. The largest absolute Gasteiger partial charge is 0.477 e. The number of amides is 1. The number of hydrogen-bond donors (Lipinski definition) is 1. The minimum Gasteiger partial charge on any atom is -0.477 e. The maximum atomic E-state index is 14.6. The molecule has 13 heteroatoms. The van der Waals surface area contributed by atoms with Crippen LogP contribution < -0.4 is 9.21 Å². The van der Waals surface area contributed by atoms with E-state index in [0.29, 0.717) is 64.4 Å². The molecule has 0 aliphatic carbocycles. The van der Waals surface area contributed by atoms with Gasteiger partial charge in [-0.25, -0.2) is 13.2 Å². The fourth-order valence-corrected chi connectivity index (χ4v) is 9.76. The zero-order valence-electron chi connectivity index (χ0n) is 25.2. The summed E-state index contributed by atoms with van der Waals surface area (Å²) >= 11 is 5.98. The van der Waals surface area contributed by atoms with E-state index in [1.165, 1.54) is 21.7 Å². The first-order valence-corrected chi connectivity index (χ1v) is 18.7. The summed E-state index contributed by atoms with van der Waals surface area (Å²) in [5.41, 5.74) is 3.18. The molecule has 1 aliphatic rings. The van der Waals surface area contributed by atoms with Crippen LogP contribution in [-0.2, 0) is 16.4 Å². The number of carbonyl (C=O) groups excluding carboxylic acids is 1. The molecule has 0 saturated carbocycles. The fourth-order valence-electron chi connectivity index (χ4n) is 5.72. The standard InChI is InChI=1S/C34H29BrN4O5S3/c1-22-26-20-25(10-11-30(26)46-31(22)34(41)42)47(43,44)39(14-12-23-6-8-24(21-36)9-7-23)29-5-3-2-4-28(29)37-15-17-38(18-16-37)33(40)32-27(35)13-19-45-32/h2-11,13,19-20H,12,14-18H2,1H3,(H,41,42). The minimum absolute atomic E-state index is 0.0309. The molecule has 6 rings (SSSR count). The smallest absolute Gasteiger partial charge is 0.346 e. The van der Waals surface area contributed by atoms with E-state index in [9.17, 15) is 28.4 Å². The van der Waals surface area contributed by atoms with Crippen molar-refractivity contribution in [3.63, 3.8) is 0 Å². The second-order valence-electron chi connectivity index (χ2n) is 11.0. The Kier molecular flexibility index (Phi) is 9.39. The molecular weight excluding hydrogens is 721 g/mol.